The Morgan fingerprint density at radius 3 is 2.70 bits per heavy atom. The first-order chi connectivity index (χ1) is 11.0. The summed E-state index contributed by atoms with van der Waals surface area (Å²) in [5, 5.41) is 5.53. The Morgan fingerprint density at radius 1 is 1.26 bits per heavy atom. The normalized spacial score (nSPS) is 21.7. The van der Waals surface area contributed by atoms with Crippen molar-refractivity contribution >= 4 is 22.4 Å². The fourth-order valence-electron chi connectivity index (χ4n) is 3.28. The van der Waals surface area contributed by atoms with Crippen LogP contribution < -0.4 is 15.6 Å². The van der Waals surface area contributed by atoms with Gasteiger partial charge in [0.15, 0.2) is 0 Å². The van der Waals surface area contributed by atoms with Crippen molar-refractivity contribution in [3.05, 3.63) is 39.8 Å². The minimum Gasteiger partial charge on any atom is -0.489 e. The van der Waals surface area contributed by atoms with E-state index >= 15 is 0 Å². The molecule has 0 amide bonds. The lowest BCUT2D eigenvalue weighted by molar-refractivity contribution is 0.138. The zero-order valence-electron chi connectivity index (χ0n) is 13.6. The molecule has 1 aliphatic carbocycles. The second kappa shape index (κ2) is 6.93. The Hall–Kier alpha value is -1.52. The highest BCUT2D eigenvalue weighted by atomic mass is 35.5. The summed E-state index contributed by atoms with van der Waals surface area (Å²) in [6.45, 7) is 4.36. The third-order valence-electron chi connectivity index (χ3n) is 4.36. The molecule has 1 saturated carbocycles. The Morgan fingerprint density at radius 2 is 2.00 bits per heavy atom. The minimum atomic E-state index is -0.129. The molecule has 1 aromatic carbocycles. The van der Waals surface area contributed by atoms with Gasteiger partial charge in [-0.3, -0.25) is 4.79 Å². The van der Waals surface area contributed by atoms with Gasteiger partial charge in [0.1, 0.15) is 5.75 Å². The van der Waals surface area contributed by atoms with E-state index in [-0.39, 0.29) is 11.7 Å². The van der Waals surface area contributed by atoms with Gasteiger partial charge in [0, 0.05) is 23.7 Å². The van der Waals surface area contributed by atoms with Crippen LogP contribution in [0, 0.1) is 0 Å². The van der Waals surface area contributed by atoms with Crippen LogP contribution in [0.25, 0.3) is 10.8 Å². The molecule has 1 heterocycles. The van der Waals surface area contributed by atoms with Gasteiger partial charge in [-0.05, 0) is 49.3 Å². The lowest BCUT2D eigenvalue weighted by Gasteiger charge is -2.31. The number of H-pyrrole nitrogens is 1. The summed E-state index contributed by atoms with van der Waals surface area (Å²) in [7, 11) is 0. The summed E-state index contributed by atoms with van der Waals surface area (Å²) >= 11 is 6.30. The van der Waals surface area contributed by atoms with Crippen LogP contribution in [0.15, 0.2) is 29.2 Å². The highest BCUT2D eigenvalue weighted by molar-refractivity contribution is 6.32. The number of nitrogens with one attached hydrogen (secondary N) is 2. The van der Waals surface area contributed by atoms with Crippen molar-refractivity contribution in [1.29, 1.82) is 0 Å². The zero-order valence-corrected chi connectivity index (χ0v) is 14.3. The fourth-order valence-corrected chi connectivity index (χ4v) is 3.49. The minimum absolute atomic E-state index is 0.129. The Kier molecular flexibility index (Phi) is 4.93. The fraction of sp³-hybridized carbons (Fsp3) is 0.500. The average Bonchev–Trinajstić information content (AvgIpc) is 2.50. The van der Waals surface area contributed by atoms with E-state index in [9.17, 15) is 4.79 Å². The van der Waals surface area contributed by atoms with Crippen molar-refractivity contribution in [2.45, 2.75) is 57.7 Å². The van der Waals surface area contributed by atoms with Crippen molar-refractivity contribution in [3.63, 3.8) is 0 Å². The number of aromatic nitrogens is 1. The van der Waals surface area contributed by atoms with Gasteiger partial charge >= 0.3 is 0 Å². The molecule has 0 atom stereocenters. The summed E-state index contributed by atoms with van der Waals surface area (Å²) in [5.41, 5.74) is -0.129. The predicted molar refractivity (Wildman–Crippen MR) is 94.5 cm³/mol. The lowest BCUT2D eigenvalue weighted by Crippen LogP contribution is -2.39. The van der Waals surface area contributed by atoms with E-state index in [1.165, 1.54) is 0 Å². The molecular formula is C18H23ClN2O2. The van der Waals surface area contributed by atoms with Crippen molar-refractivity contribution in [2.75, 3.05) is 0 Å². The van der Waals surface area contributed by atoms with E-state index in [0.717, 1.165) is 31.1 Å². The number of halogens is 1. The van der Waals surface area contributed by atoms with Crippen LogP contribution in [0.3, 0.4) is 0 Å². The van der Waals surface area contributed by atoms with Gasteiger partial charge in [0.05, 0.1) is 11.1 Å². The van der Waals surface area contributed by atoms with Crippen molar-refractivity contribution < 1.29 is 4.74 Å². The number of ether oxygens (including phenoxy) is 1. The second-order valence-electron chi connectivity index (χ2n) is 6.59. The van der Waals surface area contributed by atoms with Gasteiger partial charge in [0.2, 0.25) is 0 Å². The van der Waals surface area contributed by atoms with Crippen LogP contribution in [0.1, 0.15) is 39.5 Å². The standard InChI is InChI=1S/C18H23ClN2O2/c1-11(2)21-13-3-5-14(6-4-13)23-17-9-12-7-8-20-18(22)15(12)10-16(17)19/h7-11,13-14,21H,3-6H2,1-2H3,(H,20,22)/t13-,14-. The number of pyridine rings is 1. The van der Waals surface area contributed by atoms with Gasteiger partial charge in [-0.1, -0.05) is 25.4 Å². The SMILES string of the molecule is CC(C)N[C@H]1CC[C@H](Oc2cc3cc[nH]c(=O)c3cc2Cl)CC1. The molecule has 0 radical (unpaired) electrons. The van der Waals surface area contributed by atoms with Crippen LogP contribution in [-0.4, -0.2) is 23.2 Å². The highest BCUT2D eigenvalue weighted by Gasteiger charge is 2.23. The topological polar surface area (TPSA) is 54.1 Å². The molecule has 1 fully saturated rings. The zero-order chi connectivity index (χ0) is 16.4. The number of hydrogen-bond acceptors (Lipinski definition) is 3. The molecule has 2 N–H and O–H groups in total. The molecule has 0 aliphatic heterocycles. The molecule has 5 heteroatoms. The van der Waals surface area contributed by atoms with Crippen molar-refractivity contribution in [3.8, 4) is 5.75 Å². The summed E-state index contributed by atoms with van der Waals surface area (Å²) < 4.78 is 6.12. The predicted octanol–water partition coefficient (Wildman–Crippen LogP) is 3.87. The summed E-state index contributed by atoms with van der Waals surface area (Å²) in [6.07, 6.45) is 6.12. The molecule has 4 nitrogen and oxygen atoms in total. The van der Waals surface area contributed by atoms with Gasteiger partial charge in [-0.25, -0.2) is 0 Å². The molecule has 1 aromatic heterocycles. The Balaban J connectivity index is 1.70. The highest BCUT2D eigenvalue weighted by Crippen LogP contribution is 2.32. The largest absolute Gasteiger partial charge is 0.489 e. The van der Waals surface area contributed by atoms with Crippen LogP contribution in [0.2, 0.25) is 5.02 Å². The van der Waals surface area contributed by atoms with E-state index in [1.807, 2.05) is 12.1 Å². The van der Waals surface area contributed by atoms with Crippen molar-refractivity contribution in [1.82, 2.24) is 10.3 Å². The average molecular weight is 335 g/mol. The first-order valence-corrected chi connectivity index (χ1v) is 8.64. The number of aromatic amines is 1. The van der Waals surface area contributed by atoms with Crippen LogP contribution in [0.5, 0.6) is 5.75 Å². The molecule has 0 spiro atoms. The Labute approximate surface area is 141 Å². The Bertz CT molecular complexity index is 733. The van der Waals surface area contributed by atoms with Crippen LogP contribution in [-0.2, 0) is 0 Å². The quantitative estimate of drug-likeness (QED) is 0.892. The third kappa shape index (κ3) is 3.88. The maximum Gasteiger partial charge on any atom is 0.255 e. The maximum atomic E-state index is 11.8. The number of fused-ring (bicyclic) bond motifs is 1. The maximum absolute atomic E-state index is 11.8. The smallest absolute Gasteiger partial charge is 0.255 e. The summed E-state index contributed by atoms with van der Waals surface area (Å²) in [4.78, 5) is 14.5. The van der Waals surface area contributed by atoms with Crippen LogP contribution >= 0.6 is 11.6 Å². The van der Waals surface area contributed by atoms with Gasteiger partial charge in [0.25, 0.3) is 5.56 Å². The molecule has 0 bridgehead atoms. The monoisotopic (exact) mass is 334 g/mol. The molecule has 0 saturated heterocycles. The van der Waals surface area contributed by atoms with E-state index in [2.05, 4.69) is 24.1 Å². The molecule has 3 rings (SSSR count). The van der Waals surface area contributed by atoms with E-state index in [1.54, 1.807) is 12.3 Å². The van der Waals surface area contributed by atoms with Crippen LogP contribution in [0.4, 0.5) is 0 Å². The summed E-state index contributed by atoms with van der Waals surface area (Å²) in [6, 6.07) is 6.53. The first-order valence-electron chi connectivity index (χ1n) is 8.26. The molecule has 2 aromatic rings. The molecule has 1 aliphatic rings. The lowest BCUT2D eigenvalue weighted by atomic mass is 9.92. The molecule has 124 valence electrons. The number of rotatable bonds is 4. The number of benzene rings is 1. The number of hydrogen-bond donors (Lipinski definition) is 2. The first kappa shape index (κ1) is 16.3. The van der Waals surface area contributed by atoms with E-state index in [0.29, 0.717) is 28.2 Å². The van der Waals surface area contributed by atoms with Gasteiger partial charge < -0.3 is 15.0 Å². The second-order valence-corrected chi connectivity index (χ2v) is 7.00. The van der Waals surface area contributed by atoms with E-state index in [4.69, 9.17) is 16.3 Å². The van der Waals surface area contributed by atoms with Gasteiger partial charge in [-0.2, -0.15) is 0 Å². The molecular weight excluding hydrogens is 312 g/mol. The van der Waals surface area contributed by atoms with Gasteiger partial charge in [-0.15, -0.1) is 0 Å². The molecule has 0 unspecified atom stereocenters. The molecule has 23 heavy (non-hydrogen) atoms. The third-order valence-corrected chi connectivity index (χ3v) is 4.66. The van der Waals surface area contributed by atoms with Crippen molar-refractivity contribution in [2.24, 2.45) is 0 Å². The summed E-state index contributed by atoms with van der Waals surface area (Å²) in [5.74, 6) is 0.671. The van der Waals surface area contributed by atoms with E-state index < -0.39 is 0 Å².